The minimum atomic E-state index is -0.392. The fourth-order valence-electron chi connectivity index (χ4n) is 0.965. The Morgan fingerprint density at radius 3 is 2.50 bits per heavy atom. The molecule has 0 saturated carbocycles. The summed E-state index contributed by atoms with van der Waals surface area (Å²) < 4.78 is 0. The zero-order valence-electron chi connectivity index (χ0n) is 9.08. The zero-order valence-corrected chi connectivity index (χ0v) is 9.84. The molecule has 1 aromatic carbocycles. The molecule has 0 fully saturated rings. The molecular weight excluding hydrogens is 228 g/mol. The van der Waals surface area contributed by atoms with Gasteiger partial charge in [0.25, 0.3) is 5.91 Å². The van der Waals surface area contributed by atoms with Crippen LogP contribution in [0.25, 0.3) is 0 Å². The van der Waals surface area contributed by atoms with Crippen molar-refractivity contribution in [3.63, 3.8) is 0 Å². The maximum atomic E-state index is 11.5. The van der Waals surface area contributed by atoms with Gasteiger partial charge in [-0.1, -0.05) is 31.5 Å². The van der Waals surface area contributed by atoms with E-state index in [2.05, 4.69) is 10.9 Å². The molecule has 0 radical (unpaired) electrons. The summed E-state index contributed by atoms with van der Waals surface area (Å²) in [5.74, 6) is -0.813. The number of halogens is 1. The second-order valence-corrected chi connectivity index (χ2v) is 4.04. The second kappa shape index (κ2) is 5.51. The lowest BCUT2D eigenvalue weighted by molar-refractivity contribution is -0.124. The molecular formula is C11H13ClN2O2. The van der Waals surface area contributed by atoms with Crippen LogP contribution in [0, 0.1) is 5.92 Å². The molecule has 0 atom stereocenters. The van der Waals surface area contributed by atoms with Gasteiger partial charge in [-0.3, -0.25) is 20.4 Å². The van der Waals surface area contributed by atoms with Crippen molar-refractivity contribution in [1.29, 1.82) is 0 Å². The number of hydrazine groups is 1. The van der Waals surface area contributed by atoms with Crippen LogP contribution in [0.4, 0.5) is 0 Å². The van der Waals surface area contributed by atoms with Gasteiger partial charge in [0.05, 0.1) is 0 Å². The lowest BCUT2D eigenvalue weighted by Crippen LogP contribution is -2.43. The van der Waals surface area contributed by atoms with Crippen LogP contribution in [0.5, 0.6) is 0 Å². The van der Waals surface area contributed by atoms with Crippen molar-refractivity contribution in [1.82, 2.24) is 10.9 Å². The topological polar surface area (TPSA) is 58.2 Å². The minimum Gasteiger partial charge on any atom is -0.273 e. The Kier molecular flexibility index (Phi) is 4.31. The Labute approximate surface area is 99.0 Å². The molecule has 5 heteroatoms. The highest BCUT2D eigenvalue weighted by Gasteiger charge is 2.09. The predicted octanol–water partition coefficient (Wildman–Crippen LogP) is 1.76. The largest absolute Gasteiger partial charge is 0.273 e. The first-order valence-corrected chi connectivity index (χ1v) is 5.24. The smallest absolute Gasteiger partial charge is 0.269 e. The Bertz CT molecular complexity index is 405. The van der Waals surface area contributed by atoms with Gasteiger partial charge in [-0.15, -0.1) is 0 Å². The van der Waals surface area contributed by atoms with E-state index in [1.54, 1.807) is 32.0 Å². The molecule has 0 aromatic heterocycles. The van der Waals surface area contributed by atoms with Gasteiger partial charge in [0, 0.05) is 16.5 Å². The van der Waals surface area contributed by atoms with Gasteiger partial charge in [-0.2, -0.15) is 0 Å². The third-order valence-corrected chi connectivity index (χ3v) is 2.15. The van der Waals surface area contributed by atoms with E-state index in [1.807, 2.05) is 0 Å². The number of carbonyl (C=O) groups is 2. The second-order valence-electron chi connectivity index (χ2n) is 3.61. The van der Waals surface area contributed by atoms with E-state index in [4.69, 9.17) is 11.6 Å². The average Bonchev–Trinajstić information content (AvgIpc) is 2.25. The minimum absolute atomic E-state index is 0.181. The van der Waals surface area contributed by atoms with Crippen molar-refractivity contribution in [2.75, 3.05) is 0 Å². The molecule has 2 amide bonds. The van der Waals surface area contributed by atoms with Crippen LogP contribution in [-0.2, 0) is 4.79 Å². The van der Waals surface area contributed by atoms with E-state index >= 15 is 0 Å². The van der Waals surface area contributed by atoms with Gasteiger partial charge in [-0.05, 0) is 18.2 Å². The highest BCUT2D eigenvalue weighted by Crippen LogP contribution is 2.10. The van der Waals surface area contributed by atoms with Crippen molar-refractivity contribution >= 4 is 23.4 Å². The van der Waals surface area contributed by atoms with Crippen LogP contribution >= 0.6 is 11.6 Å². The lowest BCUT2D eigenvalue weighted by Gasteiger charge is -2.09. The molecule has 0 aliphatic rings. The number of rotatable bonds is 2. The maximum absolute atomic E-state index is 11.5. The number of hydrogen-bond acceptors (Lipinski definition) is 2. The number of benzene rings is 1. The number of carbonyl (C=O) groups excluding carboxylic acids is 2. The van der Waals surface area contributed by atoms with Gasteiger partial charge >= 0.3 is 0 Å². The van der Waals surface area contributed by atoms with Crippen molar-refractivity contribution in [2.45, 2.75) is 13.8 Å². The van der Waals surface area contributed by atoms with E-state index in [0.717, 1.165) is 0 Å². The van der Waals surface area contributed by atoms with E-state index in [-0.39, 0.29) is 11.8 Å². The van der Waals surface area contributed by atoms with Crippen molar-refractivity contribution in [2.24, 2.45) is 5.92 Å². The summed E-state index contributed by atoms with van der Waals surface area (Å²) in [5, 5.41) is 0.475. The molecule has 16 heavy (non-hydrogen) atoms. The number of amides is 2. The van der Waals surface area contributed by atoms with Crippen LogP contribution in [0.15, 0.2) is 24.3 Å². The lowest BCUT2D eigenvalue weighted by atomic mass is 10.2. The fourth-order valence-corrected chi connectivity index (χ4v) is 1.15. The van der Waals surface area contributed by atoms with Gasteiger partial charge in [0.2, 0.25) is 5.91 Å². The van der Waals surface area contributed by atoms with E-state index in [9.17, 15) is 9.59 Å². The summed E-state index contributed by atoms with van der Waals surface area (Å²) in [4.78, 5) is 22.7. The third-order valence-electron chi connectivity index (χ3n) is 1.91. The molecule has 0 aliphatic carbocycles. The standard InChI is InChI=1S/C11H13ClN2O2/c1-7(2)10(15)13-14-11(16)8-4-3-5-9(12)6-8/h3-7H,1-2H3,(H,13,15)(H,14,16). The van der Waals surface area contributed by atoms with Gasteiger partial charge in [0.15, 0.2) is 0 Å². The quantitative estimate of drug-likeness (QED) is 0.774. The first kappa shape index (κ1) is 12.5. The summed E-state index contributed by atoms with van der Waals surface area (Å²) in [7, 11) is 0. The van der Waals surface area contributed by atoms with Gasteiger partial charge in [0.1, 0.15) is 0 Å². The molecule has 1 aromatic rings. The van der Waals surface area contributed by atoms with Crippen LogP contribution in [0.3, 0.4) is 0 Å². The molecule has 0 heterocycles. The summed E-state index contributed by atoms with van der Waals surface area (Å²) >= 11 is 5.73. The van der Waals surface area contributed by atoms with Crippen LogP contribution in [-0.4, -0.2) is 11.8 Å². The molecule has 0 spiro atoms. The Balaban J connectivity index is 2.57. The van der Waals surface area contributed by atoms with Gasteiger partial charge in [-0.25, -0.2) is 0 Å². The molecule has 0 aliphatic heterocycles. The average molecular weight is 241 g/mol. The molecule has 0 bridgehead atoms. The molecule has 1 rings (SSSR count). The highest BCUT2D eigenvalue weighted by molar-refractivity contribution is 6.30. The Morgan fingerprint density at radius 2 is 1.94 bits per heavy atom. The maximum Gasteiger partial charge on any atom is 0.269 e. The Hall–Kier alpha value is -1.55. The third kappa shape index (κ3) is 3.55. The fraction of sp³-hybridized carbons (Fsp3) is 0.273. The van der Waals surface area contributed by atoms with Crippen LogP contribution < -0.4 is 10.9 Å². The van der Waals surface area contributed by atoms with Crippen molar-refractivity contribution in [3.8, 4) is 0 Å². The molecule has 0 saturated heterocycles. The SMILES string of the molecule is CC(C)C(=O)NNC(=O)c1cccc(Cl)c1. The monoisotopic (exact) mass is 240 g/mol. The van der Waals surface area contributed by atoms with Crippen LogP contribution in [0.2, 0.25) is 5.02 Å². The first-order chi connectivity index (χ1) is 7.50. The normalized spacial score (nSPS) is 10.0. The van der Waals surface area contributed by atoms with Crippen molar-refractivity contribution < 1.29 is 9.59 Å². The number of hydrogen-bond donors (Lipinski definition) is 2. The highest BCUT2D eigenvalue weighted by atomic mass is 35.5. The van der Waals surface area contributed by atoms with E-state index in [0.29, 0.717) is 10.6 Å². The molecule has 0 unspecified atom stereocenters. The summed E-state index contributed by atoms with van der Waals surface area (Å²) in [5.41, 5.74) is 5.03. The molecule has 2 N–H and O–H groups in total. The van der Waals surface area contributed by atoms with Gasteiger partial charge < -0.3 is 0 Å². The van der Waals surface area contributed by atoms with E-state index in [1.165, 1.54) is 6.07 Å². The first-order valence-electron chi connectivity index (χ1n) is 4.86. The summed E-state index contributed by atoms with van der Waals surface area (Å²) in [6, 6.07) is 6.48. The summed E-state index contributed by atoms with van der Waals surface area (Å²) in [6.45, 7) is 3.47. The predicted molar refractivity (Wildman–Crippen MR) is 61.9 cm³/mol. The number of nitrogens with one attached hydrogen (secondary N) is 2. The molecule has 86 valence electrons. The molecule has 4 nitrogen and oxygen atoms in total. The Morgan fingerprint density at radius 1 is 1.25 bits per heavy atom. The van der Waals surface area contributed by atoms with Crippen molar-refractivity contribution in [3.05, 3.63) is 34.9 Å². The van der Waals surface area contributed by atoms with E-state index < -0.39 is 5.91 Å². The zero-order chi connectivity index (χ0) is 12.1. The summed E-state index contributed by atoms with van der Waals surface area (Å²) in [6.07, 6.45) is 0. The van der Waals surface area contributed by atoms with Crippen LogP contribution in [0.1, 0.15) is 24.2 Å².